The Bertz CT molecular complexity index is 1550. The van der Waals surface area contributed by atoms with Crippen molar-refractivity contribution in [2.75, 3.05) is 33.3 Å². The lowest BCUT2D eigenvalue weighted by Gasteiger charge is -2.20. The van der Waals surface area contributed by atoms with Crippen LogP contribution in [0, 0.1) is 0 Å². The molecule has 3 aromatic heterocycles. The quantitative estimate of drug-likeness (QED) is 0.317. The van der Waals surface area contributed by atoms with Gasteiger partial charge in [0.15, 0.2) is 11.5 Å². The summed E-state index contributed by atoms with van der Waals surface area (Å²) in [6.45, 7) is 0. The Labute approximate surface area is 214 Å². The normalized spacial score (nSPS) is 10.8. The van der Waals surface area contributed by atoms with Crippen molar-refractivity contribution in [3.63, 3.8) is 0 Å². The Morgan fingerprint density at radius 2 is 1.54 bits per heavy atom. The topological polar surface area (TPSA) is 89.6 Å². The molecule has 0 spiro atoms. The zero-order valence-electron chi connectivity index (χ0n) is 21.0. The number of carbonyl (C=O) groups excluding carboxylic acids is 1. The van der Waals surface area contributed by atoms with Crippen molar-refractivity contribution < 1.29 is 19.0 Å². The second kappa shape index (κ2) is 10.0. The number of benzene rings is 2. The SMILES string of the molecule is COc1cc(N(C)C(=O)c2cc3nc(-c4ccnc(-c5ccccc5)c4)ccc3[nH]2)cc(OC)c1OC. The summed E-state index contributed by atoms with van der Waals surface area (Å²) < 4.78 is 16.2. The van der Waals surface area contributed by atoms with Crippen LogP contribution in [0.25, 0.3) is 33.5 Å². The molecular formula is C29H26N4O4. The van der Waals surface area contributed by atoms with E-state index < -0.39 is 0 Å². The number of aromatic amines is 1. The van der Waals surface area contributed by atoms with E-state index >= 15 is 0 Å². The predicted molar refractivity (Wildman–Crippen MR) is 144 cm³/mol. The molecule has 0 radical (unpaired) electrons. The first-order valence-corrected chi connectivity index (χ1v) is 11.6. The van der Waals surface area contributed by atoms with E-state index in [0.29, 0.717) is 34.1 Å². The predicted octanol–water partition coefficient (Wildman–Crippen LogP) is 5.59. The second-order valence-corrected chi connectivity index (χ2v) is 8.36. The van der Waals surface area contributed by atoms with Crippen molar-refractivity contribution in [3.05, 3.63) is 84.7 Å². The molecule has 0 bridgehead atoms. The highest BCUT2D eigenvalue weighted by molar-refractivity contribution is 6.07. The summed E-state index contributed by atoms with van der Waals surface area (Å²) in [7, 11) is 6.30. The third kappa shape index (κ3) is 4.56. The lowest BCUT2D eigenvalue weighted by Crippen LogP contribution is -2.26. The number of carbonyl (C=O) groups is 1. The molecule has 0 fully saturated rings. The van der Waals surface area contributed by atoms with Crippen LogP contribution in [0.2, 0.25) is 0 Å². The van der Waals surface area contributed by atoms with Crippen LogP contribution in [0.15, 0.2) is 79.0 Å². The van der Waals surface area contributed by atoms with Crippen molar-refractivity contribution in [1.82, 2.24) is 15.0 Å². The minimum absolute atomic E-state index is 0.232. The third-order valence-corrected chi connectivity index (χ3v) is 6.17. The number of hydrogen-bond donors (Lipinski definition) is 1. The number of anilines is 1. The molecule has 0 saturated carbocycles. The van der Waals surface area contributed by atoms with Crippen LogP contribution in [0.4, 0.5) is 5.69 Å². The molecule has 5 rings (SSSR count). The highest BCUT2D eigenvalue weighted by Gasteiger charge is 2.21. The molecule has 0 aliphatic rings. The van der Waals surface area contributed by atoms with Gasteiger partial charge in [0.1, 0.15) is 5.69 Å². The highest BCUT2D eigenvalue weighted by Crippen LogP contribution is 2.41. The average Bonchev–Trinajstić information content (AvgIpc) is 3.39. The smallest absolute Gasteiger partial charge is 0.274 e. The van der Waals surface area contributed by atoms with Crippen LogP contribution >= 0.6 is 0 Å². The van der Waals surface area contributed by atoms with Gasteiger partial charge in [-0.1, -0.05) is 30.3 Å². The molecule has 186 valence electrons. The van der Waals surface area contributed by atoms with Crippen LogP contribution in [0.3, 0.4) is 0 Å². The number of aromatic nitrogens is 3. The van der Waals surface area contributed by atoms with Crippen molar-refractivity contribution in [2.24, 2.45) is 0 Å². The maximum absolute atomic E-state index is 13.4. The number of hydrogen-bond acceptors (Lipinski definition) is 6. The maximum Gasteiger partial charge on any atom is 0.274 e. The van der Waals surface area contributed by atoms with Gasteiger partial charge >= 0.3 is 0 Å². The zero-order chi connectivity index (χ0) is 25.9. The molecular weight excluding hydrogens is 468 g/mol. The van der Waals surface area contributed by atoms with Gasteiger partial charge in [0, 0.05) is 36.5 Å². The lowest BCUT2D eigenvalue weighted by atomic mass is 10.1. The molecule has 2 aromatic carbocycles. The second-order valence-electron chi connectivity index (χ2n) is 8.36. The van der Waals surface area contributed by atoms with Crippen molar-refractivity contribution in [1.29, 1.82) is 0 Å². The molecule has 5 aromatic rings. The summed E-state index contributed by atoms with van der Waals surface area (Å²) >= 11 is 0. The van der Waals surface area contributed by atoms with Gasteiger partial charge < -0.3 is 24.1 Å². The minimum Gasteiger partial charge on any atom is -0.493 e. The fraction of sp³-hybridized carbons (Fsp3) is 0.138. The number of methoxy groups -OCH3 is 3. The Kier molecular flexibility index (Phi) is 6.47. The summed E-state index contributed by atoms with van der Waals surface area (Å²) in [5.74, 6) is 1.16. The number of amides is 1. The standard InChI is InChI=1S/C29H26N4O4/c1-33(20-15-26(35-2)28(37-4)27(16-20)36-3)29(34)25-17-24-22(32-25)11-10-21(31-24)19-12-13-30-23(14-19)18-8-6-5-7-9-18/h5-17,32H,1-4H3. The summed E-state index contributed by atoms with van der Waals surface area (Å²) in [5, 5.41) is 0. The van der Waals surface area contributed by atoms with E-state index in [2.05, 4.69) is 9.97 Å². The van der Waals surface area contributed by atoms with Crippen molar-refractivity contribution in [3.8, 4) is 39.8 Å². The molecule has 8 nitrogen and oxygen atoms in total. The van der Waals surface area contributed by atoms with E-state index in [4.69, 9.17) is 19.2 Å². The van der Waals surface area contributed by atoms with Crippen LogP contribution in [0.5, 0.6) is 17.2 Å². The monoisotopic (exact) mass is 494 g/mol. The van der Waals surface area contributed by atoms with E-state index in [1.54, 1.807) is 31.4 Å². The van der Waals surface area contributed by atoms with Gasteiger partial charge in [-0.3, -0.25) is 9.78 Å². The number of pyridine rings is 2. The van der Waals surface area contributed by atoms with E-state index in [-0.39, 0.29) is 5.91 Å². The van der Waals surface area contributed by atoms with Crippen LogP contribution < -0.4 is 19.1 Å². The van der Waals surface area contributed by atoms with E-state index in [9.17, 15) is 4.79 Å². The van der Waals surface area contributed by atoms with Gasteiger partial charge in [0.2, 0.25) is 5.75 Å². The van der Waals surface area contributed by atoms with Gasteiger partial charge in [-0.15, -0.1) is 0 Å². The number of rotatable bonds is 7. The molecule has 1 N–H and O–H groups in total. The van der Waals surface area contributed by atoms with Crippen LogP contribution in [0.1, 0.15) is 10.5 Å². The molecule has 0 aliphatic heterocycles. The molecule has 0 unspecified atom stereocenters. The highest BCUT2D eigenvalue weighted by atomic mass is 16.5. The fourth-order valence-corrected chi connectivity index (χ4v) is 4.20. The molecule has 0 saturated heterocycles. The Morgan fingerprint density at radius 1 is 0.811 bits per heavy atom. The number of H-pyrrole nitrogens is 1. The summed E-state index contributed by atoms with van der Waals surface area (Å²) in [4.78, 5) is 27.4. The fourth-order valence-electron chi connectivity index (χ4n) is 4.20. The first-order valence-electron chi connectivity index (χ1n) is 11.6. The van der Waals surface area contributed by atoms with Crippen molar-refractivity contribution >= 4 is 22.6 Å². The number of ether oxygens (including phenoxy) is 3. The van der Waals surface area contributed by atoms with E-state index in [0.717, 1.165) is 28.0 Å². The Hall–Kier alpha value is -4.85. The molecule has 3 heterocycles. The van der Waals surface area contributed by atoms with Gasteiger partial charge in [-0.05, 0) is 30.3 Å². The largest absolute Gasteiger partial charge is 0.493 e. The summed E-state index contributed by atoms with van der Waals surface area (Å²) in [6.07, 6.45) is 1.78. The van der Waals surface area contributed by atoms with E-state index in [1.165, 1.54) is 26.2 Å². The minimum atomic E-state index is -0.232. The average molecular weight is 495 g/mol. The summed E-state index contributed by atoms with van der Waals surface area (Å²) in [6, 6.07) is 23.0. The van der Waals surface area contributed by atoms with Gasteiger partial charge in [-0.25, -0.2) is 4.98 Å². The zero-order valence-corrected chi connectivity index (χ0v) is 21.0. The van der Waals surface area contributed by atoms with Crippen molar-refractivity contribution in [2.45, 2.75) is 0 Å². The third-order valence-electron chi connectivity index (χ3n) is 6.17. The molecule has 37 heavy (non-hydrogen) atoms. The van der Waals surface area contributed by atoms with E-state index in [1.807, 2.05) is 54.6 Å². The number of nitrogens with zero attached hydrogens (tertiary/aromatic N) is 3. The van der Waals surface area contributed by atoms with Gasteiger partial charge in [-0.2, -0.15) is 0 Å². The Morgan fingerprint density at radius 3 is 2.22 bits per heavy atom. The van der Waals surface area contributed by atoms with Crippen LogP contribution in [-0.2, 0) is 0 Å². The molecule has 1 amide bonds. The molecule has 0 aliphatic carbocycles. The number of fused-ring (bicyclic) bond motifs is 1. The molecule has 8 heteroatoms. The van der Waals surface area contributed by atoms with Gasteiger partial charge in [0.05, 0.1) is 49.4 Å². The lowest BCUT2D eigenvalue weighted by molar-refractivity contribution is 0.0989. The van der Waals surface area contributed by atoms with Crippen LogP contribution in [-0.4, -0.2) is 49.2 Å². The Balaban J connectivity index is 1.45. The number of nitrogens with one attached hydrogen (secondary N) is 1. The maximum atomic E-state index is 13.4. The molecule has 0 atom stereocenters. The summed E-state index contributed by atoms with van der Waals surface area (Å²) in [5.41, 5.74) is 6.11. The first kappa shape index (κ1) is 23.9. The van der Waals surface area contributed by atoms with Gasteiger partial charge in [0.25, 0.3) is 5.91 Å². The first-order chi connectivity index (χ1) is 18.0.